The van der Waals surface area contributed by atoms with Crippen LogP contribution in [0.4, 0.5) is 10.1 Å². The highest BCUT2D eigenvalue weighted by atomic mass is 32.2. The van der Waals surface area contributed by atoms with Gasteiger partial charge >= 0.3 is 10.2 Å². The monoisotopic (exact) mass is 560 g/mol. The number of fused-ring (bicyclic) bond motifs is 2. The normalized spacial score (nSPS) is 18.7. The first-order valence-corrected chi connectivity index (χ1v) is 16.0. The van der Waals surface area contributed by atoms with E-state index in [1.54, 1.807) is 19.1 Å². The van der Waals surface area contributed by atoms with E-state index in [-0.39, 0.29) is 29.8 Å². The number of hydrogen-bond donors (Lipinski definition) is 1. The number of aryl methyl sites for hydroxylation is 1. The Balaban J connectivity index is 1.36. The minimum absolute atomic E-state index is 0.138. The number of halogens is 1. The molecule has 11 heteroatoms. The van der Waals surface area contributed by atoms with E-state index >= 15 is 0 Å². The van der Waals surface area contributed by atoms with Crippen LogP contribution in [0.25, 0.3) is 16.5 Å². The Labute approximate surface area is 223 Å². The van der Waals surface area contributed by atoms with Gasteiger partial charge in [0.25, 0.3) is 0 Å². The Morgan fingerprint density at radius 1 is 1.13 bits per heavy atom. The van der Waals surface area contributed by atoms with Gasteiger partial charge in [-0.15, -0.1) is 0 Å². The minimum atomic E-state index is -3.76. The zero-order chi connectivity index (χ0) is 27.4. The second-order valence-corrected chi connectivity index (χ2v) is 14.2. The smallest absolute Gasteiger partial charge is 0.304 e. The zero-order valence-corrected chi connectivity index (χ0v) is 23.7. The Kier molecular flexibility index (Phi) is 6.91. The van der Waals surface area contributed by atoms with Gasteiger partial charge in [-0.05, 0) is 68.7 Å². The van der Waals surface area contributed by atoms with Crippen molar-refractivity contribution in [3.05, 3.63) is 65.1 Å². The molecule has 2 aromatic carbocycles. The summed E-state index contributed by atoms with van der Waals surface area (Å²) in [4.78, 5) is 5.60. The summed E-state index contributed by atoms with van der Waals surface area (Å²) in [5.74, 6) is -0.229. The van der Waals surface area contributed by atoms with Crippen molar-refractivity contribution in [1.82, 2.24) is 14.2 Å². The largest absolute Gasteiger partial charge is 0.360 e. The molecule has 5 rings (SSSR count). The molecular weight excluding hydrogens is 527 g/mol. The summed E-state index contributed by atoms with van der Waals surface area (Å²) in [5, 5.41) is 1.00. The average molecular weight is 561 g/mol. The summed E-state index contributed by atoms with van der Waals surface area (Å²) in [5.41, 5.74) is 4.89. The maximum atomic E-state index is 14.0. The first kappa shape index (κ1) is 26.9. The lowest BCUT2D eigenvalue weighted by atomic mass is 9.98. The van der Waals surface area contributed by atoms with Crippen molar-refractivity contribution in [2.45, 2.75) is 44.7 Å². The molecule has 0 fully saturated rings. The first-order valence-electron chi connectivity index (χ1n) is 12.7. The predicted octanol–water partition coefficient (Wildman–Crippen LogP) is 4.08. The van der Waals surface area contributed by atoms with Crippen LogP contribution in [-0.2, 0) is 26.6 Å². The van der Waals surface area contributed by atoms with E-state index in [4.69, 9.17) is 0 Å². The SMILES string of the molecule is Cc1c(F)ccc2c(C3=CCN(CCN4c5ccc(S(C)(=O)=O)cc5CN(C(C)C)S4(=O)=O)CC3)c[nH]c12. The molecule has 0 radical (unpaired) electrons. The molecule has 0 saturated carbocycles. The Morgan fingerprint density at radius 3 is 2.55 bits per heavy atom. The van der Waals surface area contributed by atoms with E-state index < -0.39 is 20.0 Å². The van der Waals surface area contributed by atoms with Crippen LogP contribution in [-0.4, -0.2) is 69.5 Å². The van der Waals surface area contributed by atoms with Gasteiger partial charge in [-0.3, -0.25) is 9.21 Å². The predicted molar refractivity (Wildman–Crippen MR) is 149 cm³/mol. The summed E-state index contributed by atoms with van der Waals surface area (Å²) in [6.45, 7) is 7.76. The molecule has 38 heavy (non-hydrogen) atoms. The molecule has 204 valence electrons. The van der Waals surface area contributed by atoms with Crippen LogP contribution in [0.3, 0.4) is 0 Å². The summed E-state index contributed by atoms with van der Waals surface area (Å²) in [7, 11) is -7.18. The van der Waals surface area contributed by atoms with Crippen LogP contribution in [0.2, 0.25) is 0 Å². The van der Waals surface area contributed by atoms with Gasteiger partial charge in [-0.25, -0.2) is 12.8 Å². The van der Waals surface area contributed by atoms with Gasteiger partial charge in [0.1, 0.15) is 5.82 Å². The third-order valence-electron chi connectivity index (χ3n) is 7.53. The fraction of sp³-hybridized carbons (Fsp3) is 0.407. The number of aromatic amines is 1. The number of rotatable bonds is 6. The van der Waals surface area contributed by atoms with Gasteiger partial charge in [0, 0.05) is 67.7 Å². The van der Waals surface area contributed by atoms with Crippen LogP contribution < -0.4 is 4.31 Å². The number of hydrogen-bond acceptors (Lipinski definition) is 5. The number of nitrogens with zero attached hydrogens (tertiary/aromatic N) is 3. The zero-order valence-electron chi connectivity index (χ0n) is 22.0. The highest BCUT2D eigenvalue weighted by Crippen LogP contribution is 2.35. The van der Waals surface area contributed by atoms with Gasteiger partial charge in [0.15, 0.2) is 9.84 Å². The quantitative estimate of drug-likeness (QED) is 0.490. The van der Waals surface area contributed by atoms with E-state index in [2.05, 4.69) is 16.0 Å². The lowest BCUT2D eigenvalue weighted by molar-refractivity contribution is 0.305. The van der Waals surface area contributed by atoms with Crippen LogP contribution in [0, 0.1) is 12.7 Å². The maximum Gasteiger partial charge on any atom is 0.304 e. The molecule has 1 N–H and O–H groups in total. The second-order valence-electron chi connectivity index (χ2n) is 10.4. The molecule has 0 bridgehead atoms. The minimum Gasteiger partial charge on any atom is -0.360 e. The van der Waals surface area contributed by atoms with Crippen molar-refractivity contribution in [1.29, 1.82) is 0 Å². The molecule has 2 aliphatic heterocycles. The lowest BCUT2D eigenvalue weighted by Gasteiger charge is -2.40. The Morgan fingerprint density at radius 2 is 1.89 bits per heavy atom. The van der Waals surface area contributed by atoms with Gasteiger partial charge in [-0.1, -0.05) is 6.08 Å². The van der Waals surface area contributed by atoms with Crippen molar-refractivity contribution < 1.29 is 21.2 Å². The van der Waals surface area contributed by atoms with Gasteiger partial charge in [0.05, 0.1) is 16.1 Å². The molecule has 3 heterocycles. The van der Waals surface area contributed by atoms with E-state index in [0.717, 1.165) is 35.7 Å². The fourth-order valence-electron chi connectivity index (χ4n) is 5.32. The third kappa shape index (κ3) is 4.76. The van der Waals surface area contributed by atoms with Crippen LogP contribution >= 0.6 is 0 Å². The average Bonchev–Trinajstić information content (AvgIpc) is 3.29. The number of benzene rings is 2. The van der Waals surface area contributed by atoms with Gasteiger partial charge in [0.2, 0.25) is 0 Å². The molecule has 8 nitrogen and oxygen atoms in total. The van der Waals surface area contributed by atoms with Crippen LogP contribution in [0.5, 0.6) is 0 Å². The Bertz CT molecular complexity index is 1640. The Hall–Kier alpha value is -2.73. The molecule has 1 aromatic heterocycles. The molecule has 0 saturated heterocycles. The highest BCUT2D eigenvalue weighted by Gasteiger charge is 2.38. The van der Waals surface area contributed by atoms with Crippen molar-refractivity contribution in [2.24, 2.45) is 0 Å². The number of anilines is 1. The molecule has 0 atom stereocenters. The molecule has 0 amide bonds. The second kappa shape index (κ2) is 9.78. The van der Waals surface area contributed by atoms with Crippen molar-refractivity contribution in [3.8, 4) is 0 Å². The van der Waals surface area contributed by atoms with E-state index in [0.29, 0.717) is 29.9 Å². The summed E-state index contributed by atoms with van der Waals surface area (Å²) in [6.07, 6.45) is 6.03. The lowest BCUT2D eigenvalue weighted by Crippen LogP contribution is -2.52. The molecule has 0 aliphatic carbocycles. The maximum absolute atomic E-state index is 14.0. The molecule has 3 aromatic rings. The molecule has 0 unspecified atom stereocenters. The number of sulfone groups is 1. The van der Waals surface area contributed by atoms with Gasteiger partial charge in [-0.2, -0.15) is 12.7 Å². The first-order chi connectivity index (χ1) is 17.9. The fourth-order valence-corrected chi connectivity index (χ4v) is 7.82. The summed E-state index contributed by atoms with van der Waals surface area (Å²) >= 11 is 0. The van der Waals surface area contributed by atoms with Crippen molar-refractivity contribution >= 4 is 42.2 Å². The topological polar surface area (TPSA) is 93.8 Å². The number of nitrogens with one attached hydrogen (secondary N) is 1. The van der Waals surface area contributed by atoms with Crippen molar-refractivity contribution in [2.75, 3.05) is 36.7 Å². The van der Waals surface area contributed by atoms with Gasteiger partial charge < -0.3 is 4.98 Å². The summed E-state index contributed by atoms with van der Waals surface area (Å²) in [6, 6.07) is 7.72. The molecular formula is C27H33FN4O4S2. The van der Waals surface area contributed by atoms with Crippen LogP contribution in [0.1, 0.15) is 37.0 Å². The molecule has 0 spiro atoms. The number of H-pyrrole nitrogens is 1. The van der Waals surface area contributed by atoms with Crippen molar-refractivity contribution in [3.63, 3.8) is 0 Å². The standard InChI is InChI=1S/C27H33FN4O4S2/c1-18(2)32-17-21-15-22(37(4,33)34)5-8-26(21)31(38(32,35)36)14-13-30-11-9-20(10-12-30)24-16-29-27-19(3)25(28)7-6-23(24)27/h5-9,15-16,18,29H,10-14,17H2,1-4H3. The van der Waals surface area contributed by atoms with E-state index in [1.807, 2.05) is 26.1 Å². The summed E-state index contributed by atoms with van der Waals surface area (Å²) < 4.78 is 68.1. The highest BCUT2D eigenvalue weighted by molar-refractivity contribution is 7.91. The van der Waals surface area contributed by atoms with E-state index in [1.165, 1.54) is 26.3 Å². The third-order valence-corrected chi connectivity index (χ3v) is 10.7. The number of aromatic nitrogens is 1. The molecule has 2 aliphatic rings. The van der Waals surface area contributed by atoms with E-state index in [9.17, 15) is 21.2 Å². The van der Waals surface area contributed by atoms with Crippen LogP contribution in [0.15, 0.2) is 47.5 Å².